The van der Waals surface area contributed by atoms with Gasteiger partial charge in [0.2, 0.25) is 5.91 Å². The first-order valence-electron chi connectivity index (χ1n) is 11.8. The van der Waals surface area contributed by atoms with Gasteiger partial charge in [0, 0.05) is 42.3 Å². The molecule has 1 fully saturated rings. The predicted molar refractivity (Wildman–Crippen MR) is 140 cm³/mol. The minimum absolute atomic E-state index is 0.0421. The van der Waals surface area contributed by atoms with E-state index in [-0.39, 0.29) is 17.9 Å². The Balaban J connectivity index is 1.26. The number of likely N-dealkylation sites (tertiary alicyclic amines) is 1. The number of aromatic amines is 1. The normalized spacial score (nSPS) is 16.4. The van der Waals surface area contributed by atoms with Crippen LogP contribution >= 0.6 is 0 Å². The first kappa shape index (κ1) is 22.4. The summed E-state index contributed by atoms with van der Waals surface area (Å²) in [6.07, 6.45) is 7.07. The number of hydrogen-bond acceptors (Lipinski definition) is 8. The maximum absolute atomic E-state index is 12.6. The number of amides is 2. The SMILES string of the molecule is C=CC(=O)N1CCC(N2N=C(Nc3ccc(C(=O)Nc4ccccn4)cc3)c3c[nH]c4ncnc2c34)C1. The summed E-state index contributed by atoms with van der Waals surface area (Å²) in [5.74, 6) is 1.47. The summed E-state index contributed by atoms with van der Waals surface area (Å²) in [4.78, 5) is 42.7. The lowest BCUT2D eigenvalue weighted by Gasteiger charge is -2.29. The fraction of sp³-hybridized carbons (Fsp3) is 0.154. The molecular weight excluding hydrogens is 470 g/mol. The third kappa shape index (κ3) is 4.16. The number of pyridine rings is 1. The Kier molecular flexibility index (Phi) is 5.56. The van der Waals surface area contributed by atoms with Gasteiger partial charge < -0.3 is 20.5 Å². The van der Waals surface area contributed by atoms with E-state index in [9.17, 15) is 9.59 Å². The molecule has 1 saturated heterocycles. The van der Waals surface area contributed by atoms with E-state index in [2.05, 4.69) is 37.1 Å². The maximum atomic E-state index is 12.6. The first-order chi connectivity index (χ1) is 18.1. The van der Waals surface area contributed by atoms with Crippen molar-refractivity contribution in [2.75, 3.05) is 28.7 Å². The second kappa shape index (κ2) is 9.19. The molecular formula is C26H23N9O2. The maximum Gasteiger partial charge on any atom is 0.256 e. The van der Waals surface area contributed by atoms with Crippen molar-refractivity contribution in [2.24, 2.45) is 5.10 Å². The molecule has 1 aromatic carbocycles. The molecule has 11 heteroatoms. The molecule has 184 valence electrons. The fourth-order valence-corrected chi connectivity index (χ4v) is 4.60. The van der Waals surface area contributed by atoms with Crippen LogP contribution in [0.25, 0.3) is 11.0 Å². The van der Waals surface area contributed by atoms with Crippen LogP contribution in [0.15, 0.2) is 78.9 Å². The summed E-state index contributed by atoms with van der Waals surface area (Å²) in [6, 6.07) is 12.4. The zero-order chi connectivity index (χ0) is 25.4. The highest BCUT2D eigenvalue weighted by atomic mass is 16.2. The third-order valence-corrected chi connectivity index (χ3v) is 6.44. The number of rotatable bonds is 5. The standard InChI is InChI=1S/C26H23N9O2/c1-2-21(36)34-12-10-18(14-34)35-25-22-19(13-28-24(22)29-15-30-25)23(33-35)31-17-8-6-16(7-9-17)26(37)32-20-5-3-4-11-27-20/h2-9,11,13,15,18H,1,10,12,14H2,(H,31,33)(H,27,32,37)(H,28,29,30). The molecule has 3 aromatic heterocycles. The summed E-state index contributed by atoms with van der Waals surface area (Å²) >= 11 is 0. The third-order valence-electron chi connectivity index (χ3n) is 6.44. The van der Waals surface area contributed by atoms with Gasteiger partial charge in [-0.2, -0.15) is 5.10 Å². The van der Waals surface area contributed by atoms with Gasteiger partial charge >= 0.3 is 0 Å². The van der Waals surface area contributed by atoms with Gasteiger partial charge in [0.1, 0.15) is 17.8 Å². The highest BCUT2D eigenvalue weighted by molar-refractivity contribution is 6.19. The largest absolute Gasteiger partial charge is 0.345 e. The molecule has 1 unspecified atom stereocenters. The number of carbonyl (C=O) groups excluding carboxylic acids is 2. The summed E-state index contributed by atoms with van der Waals surface area (Å²) < 4.78 is 0. The molecule has 2 aliphatic rings. The van der Waals surface area contributed by atoms with E-state index in [1.165, 1.54) is 12.4 Å². The first-order valence-corrected chi connectivity index (χ1v) is 11.8. The van der Waals surface area contributed by atoms with Crippen LogP contribution < -0.4 is 15.6 Å². The lowest BCUT2D eigenvalue weighted by molar-refractivity contribution is -0.125. The van der Waals surface area contributed by atoms with Crippen molar-refractivity contribution < 1.29 is 9.59 Å². The van der Waals surface area contributed by atoms with Crippen molar-refractivity contribution in [1.82, 2.24) is 24.8 Å². The van der Waals surface area contributed by atoms with Crippen LogP contribution in [0.3, 0.4) is 0 Å². The molecule has 0 radical (unpaired) electrons. The van der Waals surface area contributed by atoms with Crippen molar-refractivity contribution in [2.45, 2.75) is 12.5 Å². The minimum atomic E-state index is -0.246. The van der Waals surface area contributed by atoms with Crippen LogP contribution in [0.5, 0.6) is 0 Å². The molecule has 0 bridgehead atoms. The number of nitrogens with zero attached hydrogens (tertiary/aromatic N) is 6. The summed E-state index contributed by atoms with van der Waals surface area (Å²) in [6.45, 7) is 4.74. The van der Waals surface area contributed by atoms with E-state index < -0.39 is 0 Å². The van der Waals surface area contributed by atoms with Gasteiger partial charge in [-0.05, 0) is 48.9 Å². The number of hydrogen-bond donors (Lipinski definition) is 3. The van der Waals surface area contributed by atoms with Gasteiger partial charge in [-0.25, -0.2) is 20.0 Å². The number of nitrogens with one attached hydrogen (secondary N) is 3. The molecule has 2 aliphatic heterocycles. The van der Waals surface area contributed by atoms with E-state index in [0.29, 0.717) is 41.8 Å². The molecule has 11 nitrogen and oxygen atoms in total. The Labute approximate surface area is 211 Å². The number of aromatic nitrogens is 4. The van der Waals surface area contributed by atoms with Gasteiger partial charge in [-0.15, -0.1) is 0 Å². The fourth-order valence-electron chi connectivity index (χ4n) is 4.60. The summed E-state index contributed by atoms with van der Waals surface area (Å²) in [5.41, 5.74) is 2.82. The quantitative estimate of drug-likeness (QED) is 0.364. The number of carbonyl (C=O) groups is 2. The van der Waals surface area contributed by atoms with Crippen LogP contribution in [0.2, 0.25) is 0 Å². The molecule has 0 spiro atoms. The average Bonchev–Trinajstić information content (AvgIpc) is 3.60. The van der Waals surface area contributed by atoms with Crippen molar-refractivity contribution in [3.63, 3.8) is 0 Å². The Morgan fingerprint density at radius 2 is 1.97 bits per heavy atom. The zero-order valence-corrected chi connectivity index (χ0v) is 19.8. The van der Waals surface area contributed by atoms with E-state index in [0.717, 1.165) is 23.1 Å². The number of amidine groups is 1. The van der Waals surface area contributed by atoms with E-state index >= 15 is 0 Å². The molecule has 37 heavy (non-hydrogen) atoms. The monoisotopic (exact) mass is 493 g/mol. The van der Waals surface area contributed by atoms with Gasteiger partial charge in [-0.3, -0.25) is 9.59 Å². The van der Waals surface area contributed by atoms with Crippen molar-refractivity contribution >= 4 is 46.0 Å². The van der Waals surface area contributed by atoms with Gasteiger partial charge in [-0.1, -0.05) is 12.6 Å². The van der Waals surface area contributed by atoms with Crippen molar-refractivity contribution in [1.29, 1.82) is 0 Å². The summed E-state index contributed by atoms with van der Waals surface area (Å²) in [5, 5.41) is 13.8. The van der Waals surface area contributed by atoms with Crippen molar-refractivity contribution in [3.05, 3.63) is 85.0 Å². The molecule has 5 heterocycles. The Morgan fingerprint density at radius 3 is 2.76 bits per heavy atom. The topological polar surface area (TPSA) is 132 Å². The molecule has 4 aromatic rings. The second-order valence-electron chi connectivity index (χ2n) is 8.72. The lowest BCUT2D eigenvalue weighted by Crippen LogP contribution is -2.39. The van der Waals surface area contributed by atoms with E-state index in [1.54, 1.807) is 35.4 Å². The number of H-pyrrole nitrogens is 1. The van der Waals surface area contributed by atoms with E-state index in [4.69, 9.17) is 5.10 Å². The van der Waals surface area contributed by atoms with Crippen LogP contribution in [0, 0.1) is 0 Å². The lowest BCUT2D eigenvalue weighted by atomic mass is 10.1. The van der Waals surface area contributed by atoms with Crippen LogP contribution in [-0.2, 0) is 4.79 Å². The number of benzene rings is 1. The van der Waals surface area contributed by atoms with Gasteiger partial charge in [0.25, 0.3) is 5.91 Å². The predicted octanol–water partition coefficient (Wildman–Crippen LogP) is 2.99. The second-order valence-corrected chi connectivity index (χ2v) is 8.72. The molecule has 0 aliphatic carbocycles. The molecule has 3 N–H and O–H groups in total. The Hall–Kier alpha value is -5.06. The Bertz CT molecular complexity index is 1530. The molecule has 2 amide bonds. The van der Waals surface area contributed by atoms with E-state index in [1.807, 2.05) is 29.4 Å². The highest BCUT2D eigenvalue weighted by Crippen LogP contribution is 2.34. The smallest absolute Gasteiger partial charge is 0.256 e. The molecule has 0 saturated carbocycles. The number of hydrazone groups is 1. The Morgan fingerprint density at radius 1 is 1.11 bits per heavy atom. The van der Waals surface area contributed by atoms with Gasteiger partial charge in [0.05, 0.1) is 11.4 Å². The zero-order valence-electron chi connectivity index (χ0n) is 19.8. The minimum Gasteiger partial charge on any atom is -0.345 e. The molecule has 6 rings (SSSR count). The summed E-state index contributed by atoms with van der Waals surface area (Å²) in [7, 11) is 0. The average molecular weight is 494 g/mol. The van der Waals surface area contributed by atoms with Crippen LogP contribution in [0.1, 0.15) is 22.3 Å². The highest BCUT2D eigenvalue weighted by Gasteiger charge is 2.35. The van der Waals surface area contributed by atoms with Crippen molar-refractivity contribution in [3.8, 4) is 0 Å². The van der Waals surface area contributed by atoms with Crippen LogP contribution in [-0.4, -0.2) is 61.6 Å². The molecule has 1 atom stereocenters. The van der Waals surface area contributed by atoms with Crippen LogP contribution in [0.4, 0.5) is 17.3 Å². The van der Waals surface area contributed by atoms with Gasteiger partial charge in [0.15, 0.2) is 11.7 Å². The number of anilines is 3.